The molecule has 1 aromatic heterocycles. The number of hydrogen-bond donors (Lipinski definition) is 1. The molecule has 2 aliphatic heterocycles. The lowest BCUT2D eigenvalue weighted by molar-refractivity contribution is -0.266. The summed E-state index contributed by atoms with van der Waals surface area (Å²) in [5.74, 6) is 0. The van der Waals surface area contributed by atoms with E-state index >= 15 is 0 Å². The fourth-order valence-corrected chi connectivity index (χ4v) is 4.75. The molecule has 0 radical (unpaired) electrons. The Morgan fingerprint density at radius 3 is 2.96 bits per heavy atom. The maximum absolute atomic E-state index is 10.9. The first-order chi connectivity index (χ1) is 12.1. The number of aliphatic hydroxyl groups excluding tert-OH is 1. The fraction of sp³-hybridized carbons (Fsp3) is 0.375. The zero-order chi connectivity index (χ0) is 17.6. The van der Waals surface area contributed by atoms with E-state index in [1.54, 1.807) is 35.3 Å². The van der Waals surface area contributed by atoms with E-state index in [9.17, 15) is 10.4 Å². The van der Waals surface area contributed by atoms with Crippen LogP contribution in [0.15, 0.2) is 40.0 Å². The third-order valence-electron chi connectivity index (χ3n) is 4.28. The Morgan fingerprint density at radius 1 is 1.48 bits per heavy atom. The molecule has 130 valence electrons. The van der Waals surface area contributed by atoms with Gasteiger partial charge in [-0.3, -0.25) is 4.68 Å². The quantitative estimate of drug-likeness (QED) is 0.787. The van der Waals surface area contributed by atoms with Crippen molar-refractivity contribution in [1.29, 1.82) is 5.26 Å². The lowest BCUT2D eigenvalue weighted by Crippen LogP contribution is -2.62. The number of hydrogen-bond acceptors (Lipinski definition) is 6. The fourth-order valence-electron chi connectivity index (χ4n) is 3.02. The molecule has 1 N–H and O–H groups in total. The lowest BCUT2D eigenvalue weighted by Gasteiger charge is -2.50. The number of nitriles is 1. The average Bonchev–Trinajstić information content (AvgIpc) is 2.99. The van der Waals surface area contributed by atoms with Crippen molar-refractivity contribution in [1.82, 2.24) is 9.78 Å². The Morgan fingerprint density at radius 2 is 2.32 bits per heavy atom. The molecule has 6 nitrogen and oxygen atoms in total. The van der Waals surface area contributed by atoms with Gasteiger partial charge in [-0.25, -0.2) is 0 Å². The van der Waals surface area contributed by atoms with Gasteiger partial charge in [0.2, 0.25) is 0 Å². The largest absolute Gasteiger partial charge is 0.387 e. The molecule has 0 bridgehead atoms. The highest BCUT2D eigenvalue weighted by atomic mass is 79.9. The molecule has 2 aromatic rings. The monoisotopic (exact) mass is 441 g/mol. The first-order valence-electron chi connectivity index (χ1n) is 7.58. The number of halogens is 2. The van der Waals surface area contributed by atoms with Crippen LogP contribution in [-0.2, 0) is 9.47 Å². The number of rotatable bonds is 3. The van der Waals surface area contributed by atoms with Crippen LogP contribution in [0.5, 0.6) is 0 Å². The van der Waals surface area contributed by atoms with Crippen LogP contribution in [-0.4, -0.2) is 45.2 Å². The molecule has 4 rings (SSSR count). The van der Waals surface area contributed by atoms with Crippen LogP contribution < -0.4 is 0 Å². The smallest absolute Gasteiger partial charge is 0.136 e. The third kappa shape index (κ3) is 3.21. The van der Waals surface area contributed by atoms with Gasteiger partial charge in [0.05, 0.1) is 22.8 Å². The maximum Gasteiger partial charge on any atom is 0.136 e. The third-order valence-corrected chi connectivity index (χ3v) is 6.13. The van der Waals surface area contributed by atoms with Gasteiger partial charge in [0.1, 0.15) is 35.9 Å². The van der Waals surface area contributed by atoms with Crippen molar-refractivity contribution in [2.24, 2.45) is 0 Å². The van der Waals surface area contributed by atoms with E-state index < -0.39 is 11.5 Å². The zero-order valence-corrected chi connectivity index (χ0v) is 15.9. The van der Waals surface area contributed by atoms with Crippen LogP contribution >= 0.6 is 39.3 Å². The Balaban J connectivity index is 1.62. The molecule has 5 atom stereocenters. The summed E-state index contributed by atoms with van der Waals surface area (Å²) in [4.78, 5) is 0.679. The Bertz CT molecular complexity index is 842. The lowest BCUT2D eigenvalue weighted by atomic mass is 9.93. The van der Waals surface area contributed by atoms with Gasteiger partial charge >= 0.3 is 0 Å². The van der Waals surface area contributed by atoms with E-state index in [2.05, 4.69) is 27.1 Å². The minimum absolute atomic E-state index is 0.112. The standard InChI is InChI=1S/C16H13BrClN3O3S/c17-9-5-20-21(6-9)13-14(22)16(24-11-7-23-15(11)13)25-12-3-10(18)2-1-8(12)4-19/h1-3,5-6,11,13-16,22H,7H2. The molecule has 2 aliphatic rings. The van der Waals surface area contributed by atoms with Crippen LogP contribution in [0.25, 0.3) is 0 Å². The maximum atomic E-state index is 10.9. The minimum atomic E-state index is -0.858. The van der Waals surface area contributed by atoms with Crippen LogP contribution in [0, 0.1) is 11.3 Å². The predicted molar refractivity (Wildman–Crippen MR) is 95.4 cm³/mol. The second-order valence-corrected chi connectivity index (χ2v) is 8.32. The molecule has 2 saturated heterocycles. The van der Waals surface area contributed by atoms with Gasteiger partial charge in [0.25, 0.3) is 0 Å². The van der Waals surface area contributed by atoms with Gasteiger partial charge in [0.15, 0.2) is 0 Å². The summed E-state index contributed by atoms with van der Waals surface area (Å²) in [7, 11) is 0. The van der Waals surface area contributed by atoms with E-state index in [0.717, 1.165) is 4.47 Å². The highest BCUT2D eigenvalue weighted by Gasteiger charge is 2.52. The molecule has 2 fully saturated rings. The highest BCUT2D eigenvalue weighted by molar-refractivity contribution is 9.10. The number of thioether (sulfide) groups is 1. The van der Waals surface area contributed by atoms with E-state index in [-0.39, 0.29) is 18.2 Å². The first kappa shape index (κ1) is 17.3. The molecule has 1 aromatic carbocycles. The number of ether oxygens (including phenoxy) is 2. The summed E-state index contributed by atoms with van der Waals surface area (Å²) in [5, 5.41) is 25.0. The van der Waals surface area contributed by atoms with Crippen LogP contribution in [0.4, 0.5) is 0 Å². The molecule has 25 heavy (non-hydrogen) atoms. The second kappa shape index (κ2) is 6.91. The zero-order valence-electron chi connectivity index (χ0n) is 12.8. The van der Waals surface area contributed by atoms with Gasteiger partial charge in [-0.05, 0) is 34.1 Å². The molecule has 0 saturated carbocycles. The average molecular weight is 443 g/mol. The predicted octanol–water partition coefficient (Wildman–Crippen LogP) is 2.99. The molecular formula is C16H13BrClN3O3S. The van der Waals surface area contributed by atoms with Crippen molar-refractivity contribution in [2.75, 3.05) is 6.61 Å². The Labute approximate surface area is 161 Å². The molecule has 5 unspecified atom stereocenters. The molecule has 3 heterocycles. The summed E-state index contributed by atoms with van der Waals surface area (Å²) in [6, 6.07) is 6.83. The van der Waals surface area contributed by atoms with Crippen molar-refractivity contribution in [3.63, 3.8) is 0 Å². The number of aliphatic hydroxyl groups is 1. The number of fused-ring (bicyclic) bond motifs is 1. The molecule has 0 amide bonds. The van der Waals surface area contributed by atoms with E-state index in [1.165, 1.54) is 11.8 Å². The van der Waals surface area contributed by atoms with Crippen molar-refractivity contribution >= 4 is 39.3 Å². The van der Waals surface area contributed by atoms with Crippen molar-refractivity contribution < 1.29 is 14.6 Å². The van der Waals surface area contributed by atoms with E-state index in [0.29, 0.717) is 22.1 Å². The summed E-state index contributed by atoms with van der Waals surface area (Å²) in [6.45, 7) is 0.480. The Kier molecular flexibility index (Phi) is 4.79. The first-order valence-corrected chi connectivity index (χ1v) is 9.63. The van der Waals surface area contributed by atoms with Crippen molar-refractivity contribution in [2.45, 2.75) is 34.7 Å². The second-order valence-electron chi connectivity index (χ2n) is 5.83. The van der Waals surface area contributed by atoms with Crippen LogP contribution in [0.3, 0.4) is 0 Å². The molecule has 9 heteroatoms. The van der Waals surface area contributed by atoms with Crippen molar-refractivity contribution in [3.05, 3.63) is 45.7 Å². The normalized spacial score (nSPS) is 31.0. The van der Waals surface area contributed by atoms with Gasteiger partial charge in [-0.2, -0.15) is 10.4 Å². The topological polar surface area (TPSA) is 80.3 Å². The van der Waals surface area contributed by atoms with Crippen LogP contribution in [0.1, 0.15) is 11.6 Å². The highest BCUT2D eigenvalue weighted by Crippen LogP contribution is 2.43. The summed E-state index contributed by atoms with van der Waals surface area (Å²) >= 11 is 10.7. The Hall–Kier alpha value is -1.08. The molecule has 0 aliphatic carbocycles. The van der Waals surface area contributed by atoms with Crippen LogP contribution in [0.2, 0.25) is 5.02 Å². The molecule has 0 spiro atoms. The SMILES string of the molecule is N#Cc1ccc(Cl)cc1SC1OC2COC2C(n2cc(Br)cn2)C1O. The summed E-state index contributed by atoms with van der Waals surface area (Å²) in [5.41, 5.74) is -0.0562. The van der Waals surface area contributed by atoms with Crippen molar-refractivity contribution in [3.8, 4) is 6.07 Å². The summed E-state index contributed by atoms with van der Waals surface area (Å²) < 4.78 is 14.1. The van der Waals surface area contributed by atoms with Gasteiger partial charge in [-0.15, -0.1) is 0 Å². The molecular weight excluding hydrogens is 430 g/mol. The van der Waals surface area contributed by atoms with E-state index in [1.807, 2.05) is 0 Å². The van der Waals surface area contributed by atoms with Gasteiger partial charge in [0, 0.05) is 16.1 Å². The summed E-state index contributed by atoms with van der Waals surface area (Å²) in [6.07, 6.45) is 2.26. The number of nitrogens with zero attached hydrogens (tertiary/aromatic N) is 3. The van der Waals surface area contributed by atoms with Gasteiger partial charge in [-0.1, -0.05) is 23.4 Å². The van der Waals surface area contributed by atoms with E-state index in [4.69, 9.17) is 21.1 Å². The minimum Gasteiger partial charge on any atom is -0.387 e. The van der Waals surface area contributed by atoms with Gasteiger partial charge < -0.3 is 14.6 Å². The number of aromatic nitrogens is 2. The number of benzene rings is 1.